The highest BCUT2D eigenvalue weighted by Gasteiger charge is 2.21. The average Bonchev–Trinajstić information content (AvgIpc) is 2.67. The average molecular weight is 256 g/mol. The maximum atomic E-state index is 6.00. The zero-order valence-electron chi connectivity index (χ0n) is 9.79. The first-order chi connectivity index (χ1) is 7.69. The molecule has 0 saturated carbocycles. The minimum atomic E-state index is 0.600. The van der Waals surface area contributed by atoms with Gasteiger partial charge in [-0.2, -0.15) is 11.8 Å². The molecule has 1 aromatic rings. The Labute approximate surface area is 107 Å². The number of hydrogen-bond acceptors (Lipinski definition) is 2. The minimum absolute atomic E-state index is 0.600. The van der Waals surface area contributed by atoms with Gasteiger partial charge in [0.1, 0.15) is 0 Å². The van der Waals surface area contributed by atoms with Crippen molar-refractivity contribution in [2.24, 2.45) is 0 Å². The van der Waals surface area contributed by atoms with E-state index in [1.54, 1.807) is 0 Å². The Bertz CT molecular complexity index is 367. The highest BCUT2D eigenvalue weighted by atomic mass is 35.5. The van der Waals surface area contributed by atoms with E-state index in [-0.39, 0.29) is 0 Å². The standard InChI is InChI=1S/C13H18ClNS/c1-9(16-2)8-15-13-6-10-3-4-12(14)5-11(10)7-13/h3-5,9,13,15H,6-8H2,1-2H3. The van der Waals surface area contributed by atoms with Gasteiger partial charge in [-0.05, 0) is 42.4 Å². The monoisotopic (exact) mass is 255 g/mol. The van der Waals surface area contributed by atoms with Crippen LogP contribution < -0.4 is 5.32 Å². The largest absolute Gasteiger partial charge is 0.312 e. The fraction of sp³-hybridized carbons (Fsp3) is 0.538. The summed E-state index contributed by atoms with van der Waals surface area (Å²) in [7, 11) is 0. The van der Waals surface area contributed by atoms with Gasteiger partial charge in [0.15, 0.2) is 0 Å². The summed E-state index contributed by atoms with van der Waals surface area (Å²) in [5.41, 5.74) is 2.88. The summed E-state index contributed by atoms with van der Waals surface area (Å²) < 4.78 is 0. The van der Waals surface area contributed by atoms with Crippen LogP contribution in [0.1, 0.15) is 18.1 Å². The maximum absolute atomic E-state index is 6.00. The Morgan fingerprint density at radius 2 is 2.19 bits per heavy atom. The van der Waals surface area contributed by atoms with Gasteiger partial charge in [0.05, 0.1) is 0 Å². The van der Waals surface area contributed by atoms with E-state index in [4.69, 9.17) is 11.6 Å². The second kappa shape index (κ2) is 5.44. The van der Waals surface area contributed by atoms with Crippen LogP contribution in [0.3, 0.4) is 0 Å². The van der Waals surface area contributed by atoms with Crippen molar-refractivity contribution in [1.82, 2.24) is 5.32 Å². The molecule has 2 atom stereocenters. The van der Waals surface area contributed by atoms with Gasteiger partial charge in [-0.15, -0.1) is 0 Å². The summed E-state index contributed by atoms with van der Waals surface area (Å²) >= 11 is 7.91. The lowest BCUT2D eigenvalue weighted by Crippen LogP contribution is -2.34. The Balaban J connectivity index is 1.90. The third-order valence-corrected chi connectivity index (χ3v) is 4.40. The van der Waals surface area contributed by atoms with Crippen LogP contribution in [0.2, 0.25) is 5.02 Å². The molecule has 1 aliphatic carbocycles. The van der Waals surface area contributed by atoms with E-state index in [0.29, 0.717) is 11.3 Å². The van der Waals surface area contributed by atoms with Gasteiger partial charge >= 0.3 is 0 Å². The molecule has 0 fully saturated rings. The van der Waals surface area contributed by atoms with E-state index in [1.165, 1.54) is 11.1 Å². The zero-order valence-corrected chi connectivity index (χ0v) is 11.4. The third-order valence-electron chi connectivity index (χ3n) is 3.20. The van der Waals surface area contributed by atoms with E-state index >= 15 is 0 Å². The second-order valence-electron chi connectivity index (χ2n) is 4.47. The molecule has 0 aromatic heterocycles. The van der Waals surface area contributed by atoms with Crippen molar-refractivity contribution >= 4 is 23.4 Å². The van der Waals surface area contributed by atoms with Crippen LogP contribution in [0.5, 0.6) is 0 Å². The Morgan fingerprint density at radius 3 is 2.94 bits per heavy atom. The smallest absolute Gasteiger partial charge is 0.0408 e. The summed E-state index contributed by atoms with van der Waals surface area (Å²) in [6.07, 6.45) is 4.43. The molecule has 0 aliphatic heterocycles. The molecule has 1 nitrogen and oxygen atoms in total. The highest BCUT2D eigenvalue weighted by Crippen LogP contribution is 2.25. The van der Waals surface area contributed by atoms with Crippen molar-refractivity contribution < 1.29 is 0 Å². The molecule has 16 heavy (non-hydrogen) atoms. The van der Waals surface area contributed by atoms with Crippen molar-refractivity contribution in [3.05, 3.63) is 34.3 Å². The highest BCUT2D eigenvalue weighted by molar-refractivity contribution is 7.99. The first kappa shape index (κ1) is 12.3. The van der Waals surface area contributed by atoms with E-state index in [1.807, 2.05) is 17.8 Å². The number of benzene rings is 1. The fourth-order valence-electron chi connectivity index (χ4n) is 2.15. The molecule has 1 N–H and O–H groups in total. The van der Waals surface area contributed by atoms with E-state index < -0.39 is 0 Å². The number of thioether (sulfide) groups is 1. The fourth-order valence-corrected chi connectivity index (χ4v) is 2.60. The molecular weight excluding hydrogens is 238 g/mol. The molecule has 3 heteroatoms. The first-order valence-corrected chi connectivity index (χ1v) is 7.39. The van der Waals surface area contributed by atoms with Gasteiger partial charge in [-0.25, -0.2) is 0 Å². The summed E-state index contributed by atoms with van der Waals surface area (Å²) in [4.78, 5) is 0. The summed E-state index contributed by atoms with van der Waals surface area (Å²) in [6.45, 7) is 3.35. The van der Waals surface area contributed by atoms with Crippen LogP contribution in [0.4, 0.5) is 0 Å². The van der Waals surface area contributed by atoms with Crippen molar-refractivity contribution in [3.8, 4) is 0 Å². The van der Waals surface area contributed by atoms with Crippen LogP contribution >= 0.6 is 23.4 Å². The van der Waals surface area contributed by atoms with E-state index in [0.717, 1.165) is 24.4 Å². The van der Waals surface area contributed by atoms with Gasteiger partial charge in [0, 0.05) is 22.9 Å². The summed E-state index contributed by atoms with van der Waals surface area (Å²) in [5, 5.41) is 5.18. The molecule has 1 aromatic carbocycles. The molecule has 0 heterocycles. The predicted octanol–water partition coefficient (Wildman–Crippen LogP) is 3.15. The van der Waals surface area contributed by atoms with Crippen molar-refractivity contribution in [2.75, 3.05) is 12.8 Å². The van der Waals surface area contributed by atoms with Gasteiger partial charge in [-0.3, -0.25) is 0 Å². The summed E-state index contributed by atoms with van der Waals surface area (Å²) in [5.74, 6) is 0. The Hall–Kier alpha value is -0.180. The molecule has 1 aliphatic rings. The van der Waals surface area contributed by atoms with Crippen LogP contribution in [-0.2, 0) is 12.8 Å². The number of halogens is 1. The third kappa shape index (κ3) is 2.93. The van der Waals surface area contributed by atoms with Crippen LogP contribution in [0.25, 0.3) is 0 Å². The molecule has 0 bridgehead atoms. The Kier molecular flexibility index (Phi) is 4.17. The van der Waals surface area contributed by atoms with E-state index in [2.05, 4.69) is 30.6 Å². The van der Waals surface area contributed by atoms with Gasteiger partial charge in [0.2, 0.25) is 0 Å². The lowest BCUT2D eigenvalue weighted by molar-refractivity contribution is 0.536. The number of rotatable bonds is 4. The molecule has 0 saturated heterocycles. The second-order valence-corrected chi connectivity index (χ2v) is 6.19. The number of hydrogen-bond donors (Lipinski definition) is 1. The molecule has 2 unspecified atom stereocenters. The lowest BCUT2D eigenvalue weighted by atomic mass is 10.1. The summed E-state index contributed by atoms with van der Waals surface area (Å²) in [6, 6.07) is 6.87. The molecule has 0 radical (unpaired) electrons. The van der Waals surface area contributed by atoms with Crippen molar-refractivity contribution in [3.63, 3.8) is 0 Å². The molecule has 0 spiro atoms. The lowest BCUT2D eigenvalue weighted by Gasteiger charge is -2.15. The zero-order chi connectivity index (χ0) is 11.5. The topological polar surface area (TPSA) is 12.0 Å². The SMILES string of the molecule is CSC(C)CNC1Cc2ccc(Cl)cc2C1. The van der Waals surface area contributed by atoms with Crippen LogP contribution in [-0.4, -0.2) is 24.1 Å². The quantitative estimate of drug-likeness (QED) is 0.887. The van der Waals surface area contributed by atoms with Gasteiger partial charge in [-0.1, -0.05) is 24.6 Å². The van der Waals surface area contributed by atoms with Gasteiger partial charge in [0.25, 0.3) is 0 Å². The van der Waals surface area contributed by atoms with E-state index in [9.17, 15) is 0 Å². The predicted molar refractivity (Wildman–Crippen MR) is 73.6 cm³/mol. The van der Waals surface area contributed by atoms with Crippen molar-refractivity contribution in [1.29, 1.82) is 0 Å². The normalized spacial score (nSPS) is 20.8. The molecular formula is C13H18ClNS. The molecule has 0 amide bonds. The molecule has 2 rings (SSSR count). The number of nitrogens with one attached hydrogen (secondary N) is 1. The van der Waals surface area contributed by atoms with Crippen LogP contribution in [0, 0.1) is 0 Å². The van der Waals surface area contributed by atoms with Crippen LogP contribution in [0.15, 0.2) is 18.2 Å². The van der Waals surface area contributed by atoms with Crippen molar-refractivity contribution in [2.45, 2.75) is 31.1 Å². The Morgan fingerprint density at radius 1 is 1.44 bits per heavy atom. The molecule has 88 valence electrons. The maximum Gasteiger partial charge on any atom is 0.0408 e. The number of fused-ring (bicyclic) bond motifs is 1. The first-order valence-electron chi connectivity index (χ1n) is 5.72. The minimum Gasteiger partial charge on any atom is -0.312 e. The van der Waals surface area contributed by atoms with Gasteiger partial charge < -0.3 is 5.32 Å².